The van der Waals surface area contributed by atoms with E-state index in [4.69, 9.17) is 27.9 Å². The zero-order chi connectivity index (χ0) is 19.8. The van der Waals surface area contributed by atoms with Gasteiger partial charge in [0.1, 0.15) is 18.5 Å². The molecular formula is C22H26Cl2N2O2. The Labute approximate surface area is 176 Å². The molecular weight excluding hydrogens is 395 g/mol. The molecule has 1 aliphatic rings. The number of ether oxygens (including phenoxy) is 1. The van der Waals surface area contributed by atoms with Crippen molar-refractivity contribution in [2.75, 3.05) is 45.9 Å². The van der Waals surface area contributed by atoms with Crippen LogP contribution in [0.4, 0.5) is 0 Å². The Morgan fingerprint density at radius 1 is 1.00 bits per heavy atom. The summed E-state index contributed by atoms with van der Waals surface area (Å²) in [4.78, 5) is 4.69. The molecule has 1 N–H and O–H groups in total. The minimum Gasteiger partial charge on any atom is -0.489 e. The summed E-state index contributed by atoms with van der Waals surface area (Å²) in [5.74, 6) is 0.503. The van der Waals surface area contributed by atoms with Gasteiger partial charge in [0.05, 0.1) is 5.02 Å². The van der Waals surface area contributed by atoms with E-state index in [0.717, 1.165) is 32.7 Å². The summed E-state index contributed by atoms with van der Waals surface area (Å²) in [5.41, 5.74) is 1.23. The highest BCUT2D eigenvalue weighted by atomic mass is 35.5. The van der Waals surface area contributed by atoms with Crippen molar-refractivity contribution in [2.45, 2.75) is 6.10 Å². The number of halogens is 2. The minimum atomic E-state index is -0.570. The van der Waals surface area contributed by atoms with Crippen LogP contribution in [0.1, 0.15) is 5.56 Å². The molecule has 1 unspecified atom stereocenters. The van der Waals surface area contributed by atoms with Gasteiger partial charge in [0.15, 0.2) is 0 Å². The van der Waals surface area contributed by atoms with Crippen molar-refractivity contribution >= 4 is 29.3 Å². The minimum absolute atomic E-state index is 0.195. The third kappa shape index (κ3) is 6.80. The maximum atomic E-state index is 10.3. The molecule has 0 saturated carbocycles. The number of hydrogen-bond acceptors (Lipinski definition) is 4. The molecule has 0 bridgehead atoms. The van der Waals surface area contributed by atoms with Crippen LogP contribution in [0.2, 0.25) is 10.0 Å². The average molecular weight is 421 g/mol. The number of rotatable bonds is 8. The molecule has 0 aromatic heterocycles. The van der Waals surface area contributed by atoms with Gasteiger partial charge in [-0.25, -0.2) is 0 Å². The third-order valence-corrected chi connectivity index (χ3v) is 5.28. The molecule has 2 aromatic rings. The SMILES string of the molecule is OC(COc1cc(Cl)ccc1Cl)CN1CCN(C/C=C/c2ccccc2)CC1. The van der Waals surface area contributed by atoms with E-state index in [1.807, 2.05) is 18.2 Å². The fourth-order valence-corrected chi connectivity index (χ4v) is 3.52. The molecule has 1 saturated heterocycles. The summed E-state index contributed by atoms with van der Waals surface area (Å²) < 4.78 is 5.62. The van der Waals surface area contributed by atoms with E-state index < -0.39 is 6.10 Å². The summed E-state index contributed by atoms with van der Waals surface area (Å²) in [6.45, 7) is 5.59. The van der Waals surface area contributed by atoms with Crippen LogP contribution in [0.5, 0.6) is 5.75 Å². The Bertz CT molecular complexity index is 762. The second kappa shape index (κ2) is 10.8. The first kappa shape index (κ1) is 21.2. The van der Waals surface area contributed by atoms with E-state index in [1.165, 1.54) is 5.56 Å². The standard InChI is InChI=1S/C22H26Cl2N2O2/c23-19-8-9-21(24)22(15-19)28-17-20(27)16-26-13-11-25(12-14-26)10-4-7-18-5-2-1-3-6-18/h1-9,15,20,27H,10-14,16-17H2/b7-4+. The van der Waals surface area contributed by atoms with E-state index in [-0.39, 0.29) is 6.61 Å². The van der Waals surface area contributed by atoms with Gasteiger partial charge in [-0.1, -0.05) is 65.7 Å². The first-order chi connectivity index (χ1) is 13.6. The van der Waals surface area contributed by atoms with Gasteiger partial charge in [0.25, 0.3) is 0 Å². The molecule has 1 heterocycles. The number of benzene rings is 2. The van der Waals surface area contributed by atoms with E-state index in [1.54, 1.807) is 18.2 Å². The molecule has 0 amide bonds. The largest absolute Gasteiger partial charge is 0.489 e. The second-order valence-electron chi connectivity index (χ2n) is 6.95. The first-order valence-electron chi connectivity index (χ1n) is 9.52. The molecule has 1 aliphatic heterocycles. The first-order valence-corrected chi connectivity index (χ1v) is 10.3. The molecule has 150 valence electrons. The smallest absolute Gasteiger partial charge is 0.139 e. The normalized spacial score (nSPS) is 17.1. The van der Waals surface area contributed by atoms with Crippen LogP contribution in [-0.2, 0) is 0 Å². The van der Waals surface area contributed by atoms with Gasteiger partial charge in [-0.15, -0.1) is 0 Å². The van der Waals surface area contributed by atoms with Gasteiger partial charge in [0, 0.05) is 50.4 Å². The Morgan fingerprint density at radius 2 is 1.71 bits per heavy atom. The number of aliphatic hydroxyl groups excluding tert-OH is 1. The van der Waals surface area contributed by atoms with Crippen molar-refractivity contribution in [1.29, 1.82) is 0 Å². The number of piperazine rings is 1. The maximum absolute atomic E-state index is 10.3. The molecule has 4 nitrogen and oxygen atoms in total. The number of nitrogens with zero attached hydrogens (tertiary/aromatic N) is 2. The van der Waals surface area contributed by atoms with Gasteiger partial charge in [0.2, 0.25) is 0 Å². The summed E-state index contributed by atoms with van der Waals surface area (Å²) in [6, 6.07) is 15.4. The van der Waals surface area contributed by atoms with Crippen LogP contribution >= 0.6 is 23.2 Å². The van der Waals surface area contributed by atoms with Gasteiger partial charge < -0.3 is 9.84 Å². The van der Waals surface area contributed by atoms with Crippen LogP contribution in [0.3, 0.4) is 0 Å². The van der Waals surface area contributed by atoms with Gasteiger partial charge in [-0.2, -0.15) is 0 Å². The Balaban J connectivity index is 1.35. The van der Waals surface area contributed by atoms with Crippen LogP contribution in [0.15, 0.2) is 54.6 Å². The molecule has 3 rings (SSSR count). The zero-order valence-corrected chi connectivity index (χ0v) is 17.3. The topological polar surface area (TPSA) is 35.9 Å². The van der Waals surface area contributed by atoms with Crippen LogP contribution < -0.4 is 4.74 Å². The Kier molecular flexibility index (Phi) is 8.19. The molecule has 0 spiro atoms. The Morgan fingerprint density at radius 3 is 2.46 bits per heavy atom. The summed E-state index contributed by atoms with van der Waals surface area (Å²) in [7, 11) is 0. The number of hydrogen-bond donors (Lipinski definition) is 1. The average Bonchev–Trinajstić information content (AvgIpc) is 2.71. The molecule has 1 fully saturated rings. The molecule has 28 heavy (non-hydrogen) atoms. The summed E-state index contributed by atoms with van der Waals surface area (Å²) >= 11 is 12.0. The quantitative estimate of drug-likeness (QED) is 0.698. The fourth-order valence-electron chi connectivity index (χ4n) is 3.18. The van der Waals surface area contributed by atoms with E-state index in [9.17, 15) is 5.11 Å². The molecule has 0 aliphatic carbocycles. The summed E-state index contributed by atoms with van der Waals surface area (Å²) in [5, 5.41) is 11.3. The predicted molar refractivity (Wildman–Crippen MR) is 116 cm³/mol. The van der Waals surface area contributed by atoms with Crippen molar-refractivity contribution < 1.29 is 9.84 Å². The highest BCUT2D eigenvalue weighted by Gasteiger charge is 2.19. The second-order valence-corrected chi connectivity index (χ2v) is 7.80. The number of aliphatic hydroxyl groups is 1. The lowest BCUT2D eigenvalue weighted by Gasteiger charge is -2.35. The van der Waals surface area contributed by atoms with E-state index >= 15 is 0 Å². The molecule has 2 aromatic carbocycles. The molecule has 1 atom stereocenters. The van der Waals surface area contributed by atoms with Crippen molar-refractivity contribution in [3.63, 3.8) is 0 Å². The lowest BCUT2D eigenvalue weighted by atomic mass is 10.2. The lowest BCUT2D eigenvalue weighted by molar-refractivity contribution is 0.0482. The van der Waals surface area contributed by atoms with E-state index in [2.05, 4.69) is 34.1 Å². The monoisotopic (exact) mass is 420 g/mol. The van der Waals surface area contributed by atoms with Crippen LogP contribution in [0, 0.1) is 0 Å². The van der Waals surface area contributed by atoms with Crippen molar-refractivity contribution in [1.82, 2.24) is 9.80 Å². The van der Waals surface area contributed by atoms with Crippen molar-refractivity contribution in [3.8, 4) is 5.75 Å². The van der Waals surface area contributed by atoms with Crippen molar-refractivity contribution in [3.05, 3.63) is 70.2 Å². The highest BCUT2D eigenvalue weighted by Crippen LogP contribution is 2.27. The lowest BCUT2D eigenvalue weighted by Crippen LogP contribution is -2.49. The number of β-amino-alcohol motifs (C(OH)–C–C–N with tert-alkyl or cyclic N) is 1. The Hall–Kier alpha value is -1.56. The van der Waals surface area contributed by atoms with Gasteiger partial charge in [-0.3, -0.25) is 9.80 Å². The van der Waals surface area contributed by atoms with Crippen LogP contribution in [0.25, 0.3) is 6.08 Å². The maximum Gasteiger partial charge on any atom is 0.139 e. The molecule has 6 heteroatoms. The molecule has 0 radical (unpaired) electrons. The van der Waals surface area contributed by atoms with E-state index in [0.29, 0.717) is 22.3 Å². The van der Waals surface area contributed by atoms with Crippen molar-refractivity contribution in [2.24, 2.45) is 0 Å². The fraction of sp³-hybridized carbons (Fsp3) is 0.364. The van der Waals surface area contributed by atoms with Crippen LogP contribution in [-0.4, -0.2) is 66.9 Å². The van der Waals surface area contributed by atoms with Gasteiger partial charge in [-0.05, 0) is 17.7 Å². The highest BCUT2D eigenvalue weighted by molar-refractivity contribution is 6.34. The zero-order valence-electron chi connectivity index (χ0n) is 15.8. The summed E-state index contributed by atoms with van der Waals surface area (Å²) in [6.07, 6.45) is 3.80. The predicted octanol–water partition coefficient (Wildman–Crippen LogP) is 4.06. The third-order valence-electron chi connectivity index (χ3n) is 4.73. The van der Waals surface area contributed by atoms with Gasteiger partial charge >= 0.3 is 0 Å².